The van der Waals surface area contributed by atoms with Crippen molar-refractivity contribution >= 4 is 18.8 Å². The molecule has 0 rings (SSSR count). The Labute approximate surface area is 213 Å². The Balaban J connectivity index is -0.0000000145. The Morgan fingerprint density at radius 3 is 0.556 bits per heavy atom. The van der Waals surface area contributed by atoms with Crippen molar-refractivity contribution in [2.24, 2.45) is 0 Å². The van der Waals surface area contributed by atoms with Crippen molar-refractivity contribution in [2.45, 2.75) is 51.4 Å². The van der Waals surface area contributed by atoms with Crippen molar-refractivity contribution in [3.05, 3.63) is 59.8 Å². The Bertz CT molecular complexity index is 107. The Hall–Kier alpha value is 2.24. The van der Waals surface area contributed by atoms with E-state index in [-0.39, 0.29) is 58.0 Å². The minimum absolute atomic E-state index is 0. The zero-order chi connectivity index (χ0) is 16.5. The zero-order valence-corrected chi connectivity index (χ0v) is 24.0. The average Bonchev–Trinajstić information content (AvgIpc) is 2.53. The smallest absolute Gasteiger partial charge is 0.693 e. The Morgan fingerprint density at radius 2 is 0.481 bits per heavy atom. The second-order valence-electron chi connectivity index (χ2n) is 3.83. The molecule has 0 aromatic heterocycles. The van der Waals surface area contributed by atoms with E-state index in [1.165, 1.54) is 0 Å². The molecule has 0 heterocycles. The minimum Gasteiger partial charge on any atom is -0.693 e. The molecular formula is C12H40Cl2N10Pt3-6. The zero-order valence-electron chi connectivity index (χ0n) is 15.7. The molecule has 0 aliphatic rings. The maximum atomic E-state index is 6.79. The third kappa shape index (κ3) is 130. The first-order chi connectivity index (χ1) is 9.83. The summed E-state index contributed by atoms with van der Waals surface area (Å²) in [7, 11) is 9.22. The molecule has 10 nitrogen and oxygen atoms in total. The third-order valence-corrected chi connectivity index (χ3v) is 2.21. The molecular weight excluding hydrogens is 940 g/mol. The number of unbranched alkanes of at least 4 members (excludes halogenated alkanes) is 6. The molecule has 27 heavy (non-hydrogen) atoms. The normalized spacial score (nSPS) is 6.30. The standard InChI is InChI=1S/2C6H14N2.2ClH.6H2N.3Pt/c2*7-5-3-1-2-4-6-8;;;;;;;;;;;/h2*7-8H,1-6H2;2*1H;6*1H2;;;/q2*-2;;;6*-1;2*+1;+4/p-2. The van der Waals surface area contributed by atoms with Crippen LogP contribution in [0.4, 0.5) is 0 Å². The fourth-order valence-corrected chi connectivity index (χ4v) is 1.21. The van der Waals surface area contributed by atoms with Crippen molar-refractivity contribution in [3.63, 3.8) is 0 Å². The van der Waals surface area contributed by atoms with Gasteiger partial charge in [0.2, 0.25) is 0 Å². The van der Waals surface area contributed by atoms with E-state index in [4.69, 9.17) is 22.9 Å². The van der Waals surface area contributed by atoms with Gasteiger partial charge in [-0.1, -0.05) is 51.4 Å². The van der Waals surface area contributed by atoms with Gasteiger partial charge in [-0.3, -0.25) is 0 Å². The van der Waals surface area contributed by atoms with Gasteiger partial charge >= 0.3 is 77.4 Å². The first-order valence-electron chi connectivity index (χ1n) is 6.65. The van der Waals surface area contributed by atoms with Gasteiger partial charge in [-0.15, -0.1) is 0 Å². The van der Waals surface area contributed by atoms with Crippen molar-refractivity contribution in [1.29, 1.82) is 0 Å². The molecule has 0 amide bonds. The van der Waals surface area contributed by atoms with Gasteiger partial charge in [0.15, 0.2) is 0 Å². The SMILES string of the molecule is [Cl][Pt].[Cl][Pt].[NH-]CCCCCC[NH-].[NH-]CCCCCC[NH-].[NH2-].[NH2-].[NH2-].[NH2-].[NH2-].[NH2-].[Pt+4]. The molecule has 0 saturated heterocycles. The number of hydrogen-bond donors (Lipinski definition) is 0. The molecule has 0 bridgehead atoms. The Kier molecular flexibility index (Phi) is 268. The van der Waals surface area contributed by atoms with Crippen molar-refractivity contribution in [1.82, 2.24) is 0 Å². The predicted octanol–water partition coefficient (Wildman–Crippen LogP) is 11.0. The first kappa shape index (κ1) is 70.1. The second kappa shape index (κ2) is 103. The molecule has 16 N–H and O–H groups in total. The maximum Gasteiger partial charge on any atom is 4.00 e. The van der Waals surface area contributed by atoms with E-state index in [0.29, 0.717) is 26.2 Å². The molecule has 0 radical (unpaired) electrons. The molecule has 0 spiro atoms. The molecule has 0 aromatic carbocycles. The summed E-state index contributed by atoms with van der Waals surface area (Å²) < 4.78 is 0. The van der Waals surface area contributed by atoms with E-state index in [1.54, 1.807) is 37.5 Å². The van der Waals surface area contributed by atoms with Gasteiger partial charge < -0.3 is 59.8 Å². The van der Waals surface area contributed by atoms with Gasteiger partial charge in [0.25, 0.3) is 0 Å². The van der Waals surface area contributed by atoms with E-state index < -0.39 is 0 Å². The van der Waals surface area contributed by atoms with E-state index in [1.807, 2.05) is 0 Å². The van der Waals surface area contributed by atoms with E-state index in [9.17, 15) is 0 Å². The van der Waals surface area contributed by atoms with Crippen LogP contribution in [0, 0.1) is 0 Å². The van der Waals surface area contributed by atoms with E-state index >= 15 is 0 Å². The van der Waals surface area contributed by atoms with Gasteiger partial charge in [0.1, 0.15) is 0 Å². The van der Waals surface area contributed by atoms with Gasteiger partial charge in [-0.05, 0) is 0 Å². The van der Waals surface area contributed by atoms with Crippen LogP contribution in [0.5, 0.6) is 0 Å². The fraction of sp³-hybridized carbons (Fsp3) is 1.00. The van der Waals surface area contributed by atoms with E-state index in [2.05, 4.69) is 18.8 Å². The molecule has 0 aliphatic carbocycles. The van der Waals surface area contributed by atoms with E-state index in [0.717, 1.165) is 51.4 Å². The first-order valence-corrected chi connectivity index (χ1v) is 12.3. The summed E-state index contributed by atoms with van der Waals surface area (Å²) in [6.07, 6.45) is 8.62. The molecule has 0 fully saturated rings. The van der Waals surface area contributed by atoms with Crippen LogP contribution in [0.3, 0.4) is 0 Å². The maximum absolute atomic E-state index is 6.79. The minimum atomic E-state index is 0. The Morgan fingerprint density at radius 1 is 0.370 bits per heavy atom. The number of halogens is 2. The van der Waals surface area contributed by atoms with Crippen LogP contribution in [0.2, 0.25) is 0 Å². The summed E-state index contributed by atoms with van der Waals surface area (Å²) in [5, 5.41) is 0. The topological polar surface area (TPSA) is 296 Å². The van der Waals surface area contributed by atoms with Crippen LogP contribution in [0.1, 0.15) is 51.4 Å². The van der Waals surface area contributed by atoms with Crippen LogP contribution in [0.15, 0.2) is 0 Å². The van der Waals surface area contributed by atoms with Crippen LogP contribution < -0.4 is 0 Å². The second-order valence-corrected chi connectivity index (χ2v) is 3.83. The number of nitrogens with one attached hydrogen (secondary N) is 4. The monoisotopic (exact) mass is 979 g/mol. The summed E-state index contributed by atoms with van der Waals surface area (Å²) in [4.78, 5) is 0. The molecule has 0 unspecified atom stereocenters. The summed E-state index contributed by atoms with van der Waals surface area (Å²) in [6.45, 7) is 2.21. The number of nitrogens with two attached hydrogens (primary N) is 6. The van der Waals surface area contributed by atoms with Crippen molar-refractivity contribution < 1.29 is 58.6 Å². The molecule has 0 atom stereocenters. The largest absolute Gasteiger partial charge is 4.00 e. The van der Waals surface area contributed by atoms with Gasteiger partial charge in [-0.25, -0.2) is 0 Å². The molecule has 0 saturated carbocycles. The average molecular weight is 981 g/mol. The molecule has 0 aromatic rings. The third-order valence-electron chi connectivity index (χ3n) is 2.21. The van der Waals surface area contributed by atoms with Gasteiger partial charge in [0.05, 0.1) is 0 Å². The molecule has 0 aliphatic heterocycles. The number of rotatable bonds is 10. The predicted molar refractivity (Wildman–Crippen MR) is 117 cm³/mol. The van der Waals surface area contributed by atoms with Crippen molar-refractivity contribution in [2.75, 3.05) is 26.2 Å². The quantitative estimate of drug-likeness (QED) is 0.185. The summed E-state index contributed by atoms with van der Waals surface area (Å²) >= 11 is 3.22. The summed E-state index contributed by atoms with van der Waals surface area (Å²) in [5.41, 5.74) is 27.2. The van der Waals surface area contributed by atoms with Crippen molar-refractivity contribution in [3.8, 4) is 0 Å². The summed E-state index contributed by atoms with van der Waals surface area (Å²) in [6, 6.07) is 0. The van der Waals surface area contributed by atoms with Gasteiger partial charge in [0, 0.05) is 0 Å². The number of hydrogen-bond acceptors (Lipinski definition) is 0. The fourth-order valence-electron chi connectivity index (χ4n) is 1.21. The van der Waals surface area contributed by atoms with Crippen LogP contribution in [-0.2, 0) is 58.6 Å². The summed E-state index contributed by atoms with van der Waals surface area (Å²) in [5.74, 6) is 0. The van der Waals surface area contributed by atoms with Gasteiger partial charge in [-0.2, -0.15) is 26.2 Å². The van der Waals surface area contributed by atoms with Crippen LogP contribution in [0.25, 0.3) is 59.8 Å². The molecule has 15 heteroatoms. The molecule has 188 valence electrons. The van der Waals surface area contributed by atoms with Crippen LogP contribution in [-0.4, -0.2) is 26.2 Å². The van der Waals surface area contributed by atoms with Crippen LogP contribution >= 0.6 is 18.8 Å².